The summed E-state index contributed by atoms with van der Waals surface area (Å²) in [5.74, 6) is -2.87. The van der Waals surface area contributed by atoms with E-state index < -0.39 is 35.7 Å². The summed E-state index contributed by atoms with van der Waals surface area (Å²) in [6.45, 7) is 1.60. The van der Waals surface area contributed by atoms with Crippen LogP contribution in [-0.2, 0) is 23.8 Å². The molecule has 0 spiro atoms. The number of hydrogen-bond acceptors (Lipinski definition) is 7. The van der Waals surface area contributed by atoms with Crippen molar-refractivity contribution in [3.05, 3.63) is 59.0 Å². The van der Waals surface area contributed by atoms with Crippen molar-refractivity contribution < 1.29 is 33.4 Å². The summed E-state index contributed by atoms with van der Waals surface area (Å²) < 4.78 is 14.8. The lowest BCUT2D eigenvalue weighted by Crippen LogP contribution is -2.34. The molecule has 1 aromatic rings. The number of methoxy groups -OCH3 is 1. The number of fused-ring (bicyclic) bond motifs is 1. The lowest BCUT2D eigenvalue weighted by atomic mass is 10.1. The van der Waals surface area contributed by atoms with Crippen LogP contribution in [0, 0.1) is 0 Å². The molecular weight excluding hydrogens is 330 g/mol. The second-order valence-corrected chi connectivity index (χ2v) is 5.28. The summed E-state index contributed by atoms with van der Waals surface area (Å²) in [6.07, 6.45) is 1.08. The van der Waals surface area contributed by atoms with Crippen LogP contribution in [0.4, 0.5) is 0 Å². The molecule has 0 aromatic heterocycles. The van der Waals surface area contributed by atoms with Crippen LogP contribution < -0.4 is 0 Å². The topological polar surface area (TPSA) is 99.2 Å². The number of hydrogen-bond donors (Lipinski definition) is 0. The summed E-state index contributed by atoms with van der Waals surface area (Å²) in [5.41, 5.74) is 0.411. The van der Waals surface area contributed by atoms with E-state index in [1.54, 1.807) is 19.1 Å². The highest BCUT2D eigenvalue weighted by molar-refractivity contribution is 6.24. The first-order valence-corrected chi connectivity index (χ1v) is 7.24. The molecule has 1 aromatic carbocycles. The molecule has 0 bridgehead atoms. The maximum atomic E-state index is 12.5. The van der Waals surface area contributed by atoms with E-state index in [0.29, 0.717) is 10.5 Å². The molecule has 2 heterocycles. The largest absolute Gasteiger partial charge is 0.464 e. The van der Waals surface area contributed by atoms with Crippen molar-refractivity contribution in [3.63, 3.8) is 0 Å². The van der Waals surface area contributed by atoms with Crippen molar-refractivity contribution >= 4 is 23.8 Å². The highest BCUT2D eigenvalue weighted by Crippen LogP contribution is 2.27. The molecule has 1 atom stereocenters. The molecule has 0 saturated carbocycles. The highest BCUT2D eigenvalue weighted by atomic mass is 16.7. The smallest absolute Gasteiger partial charge is 0.358 e. The van der Waals surface area contributed by atoms with Gasteiger partial charge in [0.25, 0.3) is 18.1 Å². The lowest BCUT2D eigenvalue weighted by Gasteiger charge is -2.17. The third kappa shape index (κ3) is 2.78. The Labute approximate surface area is 142 Å². The molecule has 0 N–H and O–H groups in total. The van der Waals surface area contributed by atoms with E-state index in [1.807, 2.05) is 0 Å². The van der Waals surface area contributed by atoms with Crippen LogP contribution in [0.25, 0.3) is 0 Å². The molecule has 0 unspecified atom stereocenters. The molecule has 8 heteroatoms. The van der Waals surface area contributed by atoms with E-state index in [9.17, 15) is 19.2 Å². The number of cyclic esters (lactones) is 1. The number of benzene rings is 1. The van der Waals surface area contributed by atoms with Crippen molar-refractivity contribution in [1.82, 2.24) is 4.90 Å². The van der Waals surface area contributed by atoms with E-state index >= 15 is 0 Å². The lowest BCUT2D eigenvalue weighted by molar-refractivity contribution is -0.152. The Bertz CT molecular complexity index is 817. The van der Waals surface area contributed by atoms with Crippen LogP contribution in [0.15, 0.2) is 47.9 Å². The molecule has 0 aliphatic carbocycles. The Balaban J connectivity index is 1.92. The van der Waals surface area contributed by atoms with Crippen molar-refractivity contribution in [1.29, 1.82) is 0 Å². The van der Waals surface area contributed by atoms with Gasteiger partial charge in [-0.05, 0) is 19.1 Å². The Kier molecular flexibility index (Phi) is 4.10. The molecule has 2 aliphatic heterocycles. The number of ether oxygens (including phenoxy) is 3. The summed E-state index contributed by atoms with van der Waals surface area (Å²) >= 11 is 0. The molecule has 2 amide bonds. The second kappa shape index (κ2) is 6.23. The minimum Gasteiger partial charge on any atom is -0.464 e. The van der Waals surface area contributed by atoms with E-state index in [4.69, 9.17) is 9.47 Å². The molecule has 0 saturated heterocycles. The molecule has 128 valence electrons. The number of rotatable bonds is 4. The molecule has 25 heavy (non-hydrogen) atoms. The first-order valence-electron chi connectivity index (χ1n) is 7.24. The standard InChI is InChI=1S/C17H13NO7/c1-9-7-13(19)25-17(9)24-8-12(16(22)23-2)18-14(20)10-5-3-4-6-11(10)15(18)21/h3-8,17H,1-2H3/b12-8-/t17-/m0/s1. The maximum absolute atomic E-state index is 12.5. The fourth-order valence-electron chi connectivity index (χ4n) is 2.45. The Morgan fingerprint density at radius 2 is 1.76 bits per heavy atom. The van der Waals surface area contributed by atoms with E-state index in [0.717, 1.165) is 13.4 Å². The first-order chi connectivity index (χ1) is 11.9. The van der Waals surface area contributed by atoms with Gasteiger partial charge in [-0.1, -0.05) is 12.1 Å². The van der Waals surface area contributed by atoms with Gasteiger partial charge in [0, 0.05) is 11.6 Å². The molecule has 2 aliphatic rings. The zero-order chi connectivity index (χ0) is 18.1. The fraction of sp³-hybridized carbons (Fsp3) is 0.176. The second-order valence-electron chi connectivity index (χ2n) is 5.28. The highest BCUT2D eigenvalue weighted by Gasteiger charge is 2.40. The minimum atomic E-state index is -1.04. The average Bonchev–Trinajstić information content (AvgIpc) is 3.05. The summed E-state index contributed by atoms with van der Waals surface area (Å²) in [4.78, 5) is 48.9. The quantitative estimate of drug-likeness (QED) is 0.350. The molecular formula is C17H13NO7. The summed E-state index contributed by atoms with van der Waals surface area (Å²) in [6, 6.07) is 6.18. The average molecular weight is 343 g/mol. The summed E-state index contributed by atoms with van der Waals surface area (Å²) in [7, 11) is 1.11. The zero-order valence-corrected chi connectivity index (χ0v) is 13.3. The normalized spacial score (nSPS) is 19.5. The van der Waals surface area contributed by atoms with Gasteiger partial charge in [0.1, 0.15) is 6.26 Å². The SMILES string of the molecule is COC(=O)/C(=C/O[C@H]1OC(=O)C=C1C)N1C(=O)c2ccccc2C1=O. The number of nitrogens with zero attached hydrogens (tertiary/aromatic N) is 1. The van der Waals surface area contributed by atoms with E-state index in [2.05, 4.69) is 4.74 Å². The van der Waals surface area contributed by atoms with Gasteiger partial charge in [-0.25, -0.2) is 14.5 Å². The van der Waals surface area contributed by atoms with Crippen LogP contribution >= 0.6 is 0 Å². The van der Waals surface area contributed by atoms with Gasteiger partial charge in [0.15, 0.2) is 5.70 Å². The number of amides is 2. The molecule has 0 fully saturated rings. The monoisotopic (exact) mass is 343 g/mol. The van der Waals surface area contributed by atoms with Gasteiger partial charge in [-0.3, -0.25) is 9.59 Å². The van der Waals surface area contributed by atoms with Gasteiger partial charge in [-0.15, -0.1) is 0 Å². The number of imide groups is 1. The van der Waals surface area contributed by atoms with Gasteiger partial charge < -0.3 is 14.2 Å². The fourth-order valence-corrected chi connectivity index (χ4v) is 2.45. The van der Waals surface area contributed by atoms with Crippen molar-refractivity contribution in [2.24, 2.45) is 0 Å². The maximum Gasteiger partial charge on any atom is 0.358 e. The van der Waals surface area contributed by atoms with Crippen molar-refractivity contribution in [3.8, 4) is 0 Å². The van der Waals surface area contributed by atoms with Crippen LogP contribution in [0.5, 0.6) is 0 Å². The van der Waals surface area contributed by atoms with Gasteiger partial charge in [0.2, 0.25) is 0 Å². The Hall–Kier alpha value is -3.42. The number of carbonyl (C=O) groups is 4. The molecule has 3 rings (SSSR count). The van der Waals surface area contributed by atoms with Gasteiger partial charge in [-0.2, -0.15) is 0 Å². The molecule has 8 nitrogen and oxygen atoms in total. The zero-order valence-electron chi connectivity index (χ0n) is 13.3. The summed E-state index contributed by atoms with van der Waals surface area (Å²) in [5, 5.41) is 0. The minimum absolute atomic E-state index is 0.172. The van der Waals surface area contributed by atoms with Crippen LogP contribution in [-0.4, -0.2) is 42.1 Å². The van der Waals surface area contributed by atoms with Crippen LogP contribution in [0.1, 0.15) is 27.6 Å². The Morgan fingerprint density at radius 1 is 1.16 bits per heavy atom. The first kappa shape index (κ1) is 16.4. The Morgan fingerprint density at radius 3 is 2.24 bits per heavy atom. The van der Waals surface area contributed by atoms with Crippen molar-refractivity contribution in [2.45, 2.75) is 13.2 Å². The third-order valence-corrected chi connectivity index (χ3v) is 3.67. The van der Waals surface area contributed by atoms with Gasteiger partial charge >= 0.3 is 11.9 Å². The molecule has 0 radical (unpaired) electrons. The van der Waals surface area contributed by atoms with Crippen molar-refractivity contribution in [2.75, 3.05) is 7.11 Å². The number of carbonyl (C=O) groups excluding carboxylic acids is 4. The predicted octanol–water partition coefficient (Wildman–Crippen LogP) is 1.14. The van der Waals surface area contributed by atoms with Gasteiger partial charge in [0.05, 0.1) is 18.2 Å². The van der Waals surface area contributed by atoms with Crippen LogP contribution in [0.2, 0.25) is 0 Å². The third-order valence-electron chi connectivity index (χ3n) is 3.67. The van der Waals surface area contributed by atoms with E-state index in [1.165, 1.54) is 18.2 Å². The van der Waals surface area contributed by atoms with Crippen LogP contribution in [0.3, 0.4) is 0 Å². The van der Waals surface area contributed by atoms with E-state index in [-0.39, 0.29) is 11.1 Å². The number of esters is 2. The predicted molar refractivity (Wildman–Crippen MR) is 81.8 cm³/mol.